The van der Waals surface area contributed by atoms with Crippen LogP contribution in [0.1, 0.15) is 12.8 Å². The molecule has 1 aliphatic carbocycles. The van der Waals surface area contributed by atoms with Gasteiger partial charge in [-0.1, -0.05) is 0 Å². The van der Waals surface area contributed by atoms with Crippen LogP contribution in [0.5, 0.6) is 0 Å². The maximum Gasteiger partial charge on any atom is 0.149 e. The highest BCUT2D eigenvalue weighted by Gasteiger charge is 2.22. The van der Waals surface area contributed by atoms with Crippen LogP contribution in [-0.2, 0) is 0 Å². The number of benzene rings is 1. The molecule has 0 spiro atoms. The number of hydrogen-bond acceptors (Lipinski definition) is 1. The molecule has 1 aromatic rings. The molecule has 0 aliphatic heterocycles. The smallest absolute Gasteiger partial charge is 0.149 e. The van der Waals surface area contributed by atoms with E-state index in [2.05, 4.69) is 21.2 Å². The Morgan fingerprint density at radius 3 is 2.54 bits per heavy atom. The molecule has 4 heteroatoms. The Balaban J connectivity index is 2.27. The quantitative estimate of drug-likeness (QED) is 0.792. The lowest BCUT2D eigenvalue weighted by molar-refractivity contribution is 0.580. The summed E-state index contributed by atoms with van der Waals surface area (Å²) in [7, 11) is 0. The summed E-state index contributed by atoms with van der Waals surface area (Å²) in [6, 6.07) is 2.68. The van der Waals surface area contributed by atoms with E-state index in [0.717, 1.165) is 18.9 Å². The molecule has 0 unspecified atom stereocenters. The van der Waals surface area contributed by atoms with Crippen molar-refractivity contribution >= 4 is 21.6 Å². The van der Waals surface area contributed by atoms with Gasteiger partial charge in [0.25, 0.3) is 0 Å². The van der Waals surface area contributed by atoms with Crippen LogP contribution in [0, 0.1) is 11.6 Å². The highest BCUT2D eigenvalue weighted by molar-refractivity contribution is 9.10. The Kier molecular flexibility index (Phi) is 2.24. The molecule has 1 nitrogen and oxygen atoms in total. The van der Waals surface area contributed by atoms with Gasteiger partial charge < -0.3 is 5.32 Å². The second-order valence-electron chi connectivity index (χ2n) is 3.16. The van der Waals surface area contributed by atoms with Gasteiger partial charge in [-0.2, -0.15) is 0 Å². The molecule has 70 valence electrons. The average Bonchev–Trinajstić information content (AvgIpc) is 2.84. The minimum Gasteiger partial charge on any atom is -0.380 e. The van der Waals surface area contributed by atoms with Gasteiger partial charge >= 0.3 is 0 Å². The second kappa shape index (κ2) is 3.25. The highest BCUT2D eigenvalue weighted by atomic mass is 79.9. The van der Waals surface area contributed by atoms with Gasteiger partial charge in [0.15, 0.2) is 0 Å². The van der Waals surface area contributed by atoms with Crippen LogP contribution in [0.15, 0.2) is 16.6 Å². The molecule has 1 aliphatic rings. The van der Waals surface area contributed by atoms with Crippen molar-refractivity contribution in [2.24, 2.45) is 0 Å². The molecule has 13 heavy (non-hydrogen) atoms. The second-order valence-corrected chi connectivity index (χ2v) is 4.02. The summed E-state index contributed by atoms with van der Waals surface area (Å²) < 4.78 is 26.2. The van der Waals surface area contributed by atoms with E-state index in [9.17, 15) is 8.78 Å². The normalized spacial score (nSPS) is 15.9. The molecular formula is C9H8BrF2N. The van der Waals surface area contributed by atoms with Gasteiger partial charge in [0.1, 0.15) is 11.6 Å². The molecule has 1 aromatic carbocycles. The first-order valence-electron chi connectivity index (χ1n) is 4.08. The zero-order valence-corrected chi connectivity index (χ0v) is 8.37. The van der Waals surface area contributed by atoms with Crippen LogP contribution in [-0.4, -0.2) is 6.04 Å². The maximum absolute atomic E-state index is 13.1. The van der Waals surface area contributed by atoms with Gasteiger partial charge in [-0.25, -0.2) is 8.78 Å². The first-order valence-corrected chi connectivity index (χ1v) is 4.87. The van der Waals surface area contributed by atoms with Crippen molar-refractivity contribution in [3.05, 3.63) is 28.2 Å². The highest BCUT2D eigenvalue weighted by Crippen LogP contribution is 2.29. The van der Waals surface area contributed by atoms with Crippen molar-refractivity contribution in [2.45, 2.75) is 18.9 Å². The van der Waals surface area contributed by atoms with E-state index in [-0.39, 0.29) is 4.47 Å². The molecule has 0 bridgehead atoms. The first kappa shape index (κ1) is 8.94. The predicted octanol–water partition coefficient (Wildman–Crippen LogP) is 3.30. The van der Waals surface area contributed by atoms with Crippen LogP contribution in [0.25, 0.3) is 0 Å². The Hall–Kier alpha value is -0.640. The van der Waals surface area contributed by atoms with Crippen LogP contribution in [0.2, 0.25) is 0 Å². The average molecular weight is 248 g/mol. The number of halogens is 3. The lowest BCUT2D eigenvalue weighted by Crippen LogP contribution is -2.03. The van der Waals surface area contributed by atoms with E-state index in [1.54, 1.807) is 0 Å². The lowest BCUT2D eigenvalue weighted by Gasteiger charge is -2.06. The summed E-state index contributed by atoms with van der Waals surface area (Å²) in [5, 5.41) is 2.98. The molecule has 0 aromatic heterocycles. The van der Waals surface area contributed by atoms with Crippen molar-refractivity contribution in [3.63, 3.8) is 0 Å². The number of hydrogen-bond donors (Lipinski definition) is 1. The molecule has 1 N–H and O–H groups in total. The lowest BCUT2D eigenvalue weighted by atomic mass is 10.3. The minimum atomic E-state index is -0.571. The fourth-order valence-electron chi connectivity index (χ4n) is 1.08. The molecule has 0 saturated heterocycles. The number of rotatable bonds is 2. The zero-order valence-electron chi connectivity index (χ0n) is 6.78. The third-order valence-corrected chi connectivity index (χ3v) is 2.55. The fourth-order valence-corrected chi connectivity index (χ4v) is 1.42. The Morgan fingerprint density at radius 2 is 1.92 bits per heavy atom. The summed E-state index contributed by atoms with van der Waals surface area (Å²) in [5.74, 6) is -1.11. The zero-order chi connectivity index (χ0) is 9.42. The van der Waals surface area contributed by atoms with Gasteiger partial charge in [-0.05, 0) is 34.8 Å². The Labute approximate surface area is 83.3 Å². The van der Waals surface area contributed by atoms with Crippen LogP contribution in [0.3, 0.4) is 0 Å². The summed E-state index contributed by atoms with van der Waals surface area (Å²) in [6.07, 6.45) is 2.13. The predicted molar refractivity (Wildman–Crippen MR) is 50.7 cm³/mol. The van der Waals surface area contributed by atoms with Crippen molar-refractivity contribution in [2.75, 3.05) is 5.32 Å². The molecule has 1 fully saturated rings. The summed E-state index contributed by atoms with van der Waals surface area (Å²) >= 11 is 3.01. The summed E-state index contributed by atoms with van der Waals surface area (Å²) in [5.41, 5.74) is 0.371. The Bertz CT molecular complexity index is 337. The van der Waals surface area contributed by atoms with E-state index in [1.807, 2.05) is 0 Å². The third kappa shape index (κ3) is 1.99. The van der Waals surface area contributed by atoms with E-state index in [4.69, 9.17) is 0 Å². The van der Waals surface area contributed by atoms with Crippen molar-refractivity contribution in [3.8, 4) is 0 Å². The van der Waals surface area contributed by atoms with E-state index in [0.29, 0.717) is 11.7 Å². The Morgan fingerprint density at radius 1 is 1.23 bits per heavy atom. The topological polar surface area (TPSA) is 12.0 Å². The summed E-state index contributed by atoms with van der Waals surface area (Å²) in [4.78, 5) is 0. The SMILES string of the molecule is Fc1cc(F)c(NC2CC2)cc1Br. The van der Waals surface area contributed by atoms with E-state index < -0.39 is 11.6 Å². The summed E-state index contributed by atoms with van der Waals surface area (Å²) in [6.45, 7) is 0. The third-order valence-electron chi connectivity index (χ3n) is 1.95. The van der Waals surface area contributed by atoms with E-state index in [1.165, 1.54) is 6.07 Å². The molecular weight excluding hydrogens is 240 g/mol. The number of anilines is 1. The molecule has 0 radical (unpaired) electrons. The van der Waals surface area contributed by atoms with Crippen LogP contribution < -0.4 is 5.32 Å². The molecule has 0 heterocycles. The van der Waals surface area contributed by atoms with Crippen molar-refractivity contribution < 1.29 is 8.78 Å². The van der Waals surface area contributed by atoms with Crippen molar-refractivity contribution in [1.82, 2.24) is 0 Å². The van der Waals surface area contributed by atoms with Crippen LogP contribution >= 0.6 is 15.9 Å². The fraction of sp³-hybridized carbons (Fsp3) is 0.333. The van der Waals surface area contributed by atoms with Crippen molar-refractivity contribution in [1.29, 1.82) is 0 Å². The molecule has 0 atom stereocenters. The van der Waals surface area contributed by atoms with E-state index >= 15 is 0 Å². The molecule has 1 saturated carbocycles. The van der Waals surface area contributed by atoms with Gasteiger partial charge in [0.05, 0.1) is 10.2 Å². The van der Waals surface area contributed by atoms with Gasteiger partial charge in [0.2, 0.25) is 0 Å². The number of nitrogens with one attached hydrogen (secondary N) is 1. The maximum atomic E-state index is 13.1. The monoisotopic (exact) mass is 247 g/mol. The minimum absolute atomic E-state index is 0.289. The van der Waals surface area contributed by atoms with Crippen LogP contribution in [0.4, 0.5) is 14.5 Å². The van der Waals surface area contributed by atoms with Gasteiger partial charge in [-0.15, -0.1) is 0 Å². The standard InChI is InChI=1S/C9H8BrF2N/c10-6-3-9(13-5-1-2-5)8(12)4-7(6)11/h3-5,13H,1-2H2. The van der Waals surface area contributed by atoms with Gasteiger partial charge in [-0.3, -0.25) is 0 Å². The molecule has 0 amide bonds. The largest absolute Gasteiger partial charge is 0.380 e. The van der Waals surface area contributed by atoms with Gasteiger partial charge in [0, 0.05) is 12.1 Å². The molecule has 2 rings (SSSR count). The first-order chi connectivity index (χ1) is 6.16.